The van der Waals surface area contributed by atoms with Gasteiger partial charge in [-0.25, -0.2) is 13.4 Å². The minimum Gasteiger partial charge on any atom is -0.497 e. The van der Waals surface area contributed by atoms with E-state index in [2.05, 4.69) is 20.4 Å². The zero-order valence-corrected chi connectivity index (χ0v) is 17.6. The van der Waals surface area contributed by atoms with Gasteiger partial charge in [-0.15, -0.1) is 0 Å². The van der Waals surface area contributed by atoms with Crippen LogP contribution in [0.5, 0.6) is 11.5 Å². The van der Waals surface area contributed by atoms with Crippen molar-refractivity contribution < 1.29 is 26.7 Å². The molecular formula is C18H28F2N4O4S. The first kappa shape index (κ1) is 23.1. The molecule has 1 heterocycles. The first-order chi connectivity index (χ1) is 13.7. The van der Waals surface area contributed by atoms with Crippen LogP contribution in [0.2, 0.25) is 0 Å². The fraction of sp³-hybridized carbons (Fsp3) is 0.611. The monoisotopic (exact) mass is 434 g/mol. The summed E-state index contributed by atoms with van der Waals surface area (Å²) in [6.07, 6.45) is 2.78. The van der Waals surface area contributed by atoms with E-state index in [-0.39, 0.29) is 18.3 Å². The van der Waals surface area contributed by atoms with Crippen LogP contribution in [-0.4, -0.2) is 64.3 Å². The fourth-order valence-corrected chi connectivity index (χ4v) is 4.37. The molecule has 1 aliphatic rings. The van der Waals surface area contributed by atoms with Gasteiger partial charge >= 0.3 is 6.61 Å². The quantitative estimate of drug-likeness (QED) is 0.455. The van der Waals surface area contributed by atoms with Gasteiger partial charge in [0, 0.05) is 31.2 Å². The van der Waals surface area contributed by atoms with Crippen LogP contribution in [0.15, 0.2) is 23.2 Å². The summed E-state index contributed by atoms with van der Waals surface area (Å²) in [6.45, 7) is 0.530. The Hall–Kier alpha value is -2.14. The van der Waals surface area contributed by atoms with E-state index in [4.69, 9.17) is 4.74 Å². The molecule has 1 atom stereocenters. The van der Waals surface area contributed by atoms with Crippen molar-refractivity contribution in [2.24, 2.45) is 4.99 Å². The molecule has 1 saturated heterocycles. The van der Waals surface area contributed by atoms with Crippen LogP contribution in [0.3, 0.4) is 0 Å². The fourth-order valence-electron chi connectivity index (χ4n) is 3.19. The van der Waals surface area contributed by atoms with Gasteiger partial charge in [0.05, 0.1) is 19.9 Å². The molecular weight excluding hydrogens is 406 g/mol. The lowest BCUT2D eigenvalue weighted by molar-refractivity contribution is -0.0504. The average molecular weight is 435 g/mol. The summed E-state index contributed by atoms with van der Waals surface area (Å²) >= 11 is 0. The van der Waals surface area contributed by atoms with Crippen molar-refractivity contribution in [3.63, 3.8) is 0 Å². The van der Waals surface area contributed by atoms with Crippen LogP contribution in [0.25, 0.3) is 0 Å². The molecule has 2 N–H and O–H groups in total. The molecule has 29 heavy (non-hydrogen) atoms. The summed E-state index contributed by atoms with van der Waals surface area (Å²) < 4.78 is 60.3. The first-order valence-electron chi connectivity index (χ1n) is 9.35. The molecule has 1 aliphatic heterocycles. The Labute approximate surface area is 170 Å². The number of benzene rings is 1. The van der Waals surface area contributed by atoms with Gasteiger partial charge in [-0.1, -0.05) is 0 Å². The molecule has 1 aromatic rings. The number of sulfonamides is 1. The summed E-state index contributed by atoms with van der Waals surface area (Å²) in [4.78, 5) is 4.42. The highest BCUT2D eigenvalue weighted by molar-refractivity contribution is 7.88. The molecule has 0 amide bonds. The molecule has 0 saturated carbocycles. The van der Waals surface area contributed by atoms with E-state index in [0.29, 0.717) is 36.9 Å². The molecule has 8 nitrogen and oxygen atoms in total. The number of hydrogen-bond acceptors (Lipinski definition) is 5. The van der Waals surface area contributed by atoms with Crippen molar-refractivity contribution in [1.82, 2.24) is 14.9 Å². The maximum absolute atomic E-state index is 12.7. The van der Waals surface area contributed by atoms with Crippen molar-refractivity contribution in [1.29, 1.82) is 0 Å². The molecule has 2 rings (SSSR count). The van der Waals surface area contributed by atoms with E-state index in [1.165, 1.54) is 29.8 Å². The SMILES string of the molecule is CCNC(=NCc1cc(OC)ccc1OC(F)F)NC[C@H]1CCCN1S(C)(=O)=O. The number of nitrogens with one attached hydrogen (secondary N) is 2. The lowest BCUT2D eigenvalue weighted by Gasteiger charge is -2.23. The minimum absolute atomic E-state index is 0.0273. The van der Waals surface area contributed by atoms with Crippen LogP contribution in [-0.2, 0) is 16.6 Å². The van der Waals surface area contributed by atoms with Gasteiger partial charge in [0.2, 0.25) is 10.0 Å². The highest BCUT2D eigenvalue weighted by Crippen LogP contribution is 2.26. The number of aliphatic imine (C=N–C) groups is 1. The van der Waals surface area contributed by atoms with Crippen molar-refractivity contribution >= 4 is 16.0 Å². The zero-order valence-electron chi connectivity index (χ0n) is 16.8. The Balaban J connectivity index is 2.10. The highest BCUT2D eigenvalue weighted by Gasteiger charge is 2.31. The maximum atomic E-state index is 12.7. The third kappa shape index (κ3) is 7.00. The number of nitrogens with zero attached hydrogens (tertiary/aromatic N) is 2. The van der Waals surface area contributed by atoms with E-state index >= 15 is 0 Å². The minimum atomic E-state index is -3.26. The number of methoxy groups -OCH3 is 1. The predicted octanol–water partition coefficient (Wildman–Crippen LogP) is 1.78. The molecule has 164 valence electrons. The standard InChI is InChI=1S/C18H28F2N4O4S/c1-4-21-18(23-12-14-6-5-9-24(14)29(3,25)26)22-11-13-10-15(27-2)7-8-16(13)28-17(19)20/h7-8,10,14,17H,4-6,9,11-12H2,1-3H3,(H2,21,22,23)/t14-/m1/s1. The maximum Gasteiger partial charge on any atom is 0.387 e. The topological polar surface area (TPSA) is 92.3 Å². The number of rotatable bonds is 9. The van der Waals surface area contributed by atoms with Crippen molar-refractivity contribution in [3.8, 4) is 11.5 Å². The largest absolute Gasteiger partial charge is 0.497 e. The third-order valence-electron chi connectivity index (χ3n) is 4.49. The van der Waals surface area contributed by atoms with Gasteiger partial charge in [-0.05, 0) is 38.0 Å². The molecule has 0 unspecified atom stereocenters. The Bertz CT molecular complexity index is 805. The normalized spacial score (nSPS) is 18.1. The van der Waals surface area contributed by atoms with Gasteiger partial charge in [-0.3, -0.25) is 0 Å². The second-order valence-electron chi connectivity index (χ2n) is 6.60. The van der Waals surface area contributed by atoms with Crippen molar-refractivity contribution in [2.75, 3.05) is 33.0 Å². The number of hydrogen-bond donors (Lipinski definition) is 2. The van der Waals surface area contributed by atoms with Crippen LogP contribution >= 0.6 is 0 Å². The molecule has 0 aromatic heterocycles. The summed E-state index contributed by atoms with van der Waals surface area (Å²) in [6, 6.07) is 4.39. The Morgan fingerprint density at radius 1 is 1.38 bits per heavy atom. The molecule has 1 aromatic carbocycles. The highest BCUT2D eigenvalue weighted by atomic mass is 32.2. The van der Waals surface area contributed by atoms with Crippen LogP contribution in [0.4, 0.5) is 8.78 Å². The molecule has 0 aliphatic carbocycles. The van der Waals surface area contributed by atoms with Crippen LogP contribution in [0, 0.1) is 0 Å². The van der Waals surface area contributed by atoms with Gasteiger partial charge in [0.15, 0.2) is 5.96 Å². The number of ether oxygens (including phenoxy) is 2. The van der Waals surface area contributed by atoms with E-state index in [0.717, 1.165) is 12.8 Å². The predicted molar refractivity (Wildman–Crippen MR) is 107 cm³/mol. The molecule has 0 bridgehead atoms. The van der Waals surface area contributed by atoms with E-state index in [9.17, 15) is 17.2 Å². The van der Waals surface area contributed by atoms with E-state index in [1.54, 1.807) is 6.07 Å². The lowest BCUT2D eigenvalue weighted by Crippen LogP contribution is -2.46. The van der Waals surface area contributed by atoms with Crippen molar-refractivity contribution in [3.05, 3.63) is 23.8 Å². The Kier molecular flexibility index (Phi) is 8.45. The van der Waals surface area contributed by atoms with Crippen LogP contribution in [0.1, 0.15) is 25.3 Å². The summed E-state index contributed by atoms with van der Waals surface area (Å²) in [5.74, 6) is 0.989. The van der Waals surface area contributed by atoms with E-state index in [1.807, 2.05) is 6.92 Å². The Morgan fingerprint density at radius 2 is 2.14 bits per heavy atom. The third-order valence-corrected chi connectivity index (χ3v) is 5.82. The van der Waals surface area contributed by atoms with Crippen LogP contribution < -0.4 is 20.1 Å². The molecule has 0 spiro atoms. The summed E-state index contributed by atoms with van der Waals surface area (Å²) in [7, 11) is -1.78. The molecule has 1 fully saturated rings. The van der Waals surface area contributed by atoms with Gasteiger partial charge in [0.25, 0.3) is 0 Å². The average Bonchev–Trinajstić information content (AvgIpc) is 3.13. The van der Waals surface area contributed by atoms with Crippen molar-refractivity contribution in [2.45, 2.75) is 39.0 Å². The Morgan fingerprint density at radius 3 is 2.76 bits per heavy atom. The van der Waals surface area contributed by atoms with E-state index < -0.39 is 16.6 Å². The first-order valence-corrected chi connectivity index (χ1v) is 11.2. The molecule has 0 radical (unpaired) electrons. The number of guanidine groups is 1. The van der Waals surface area contributed by atoms with Gasteiger partial charge in [-0.2, -0.15) is 13.1 Å². The zero-order chi connectivity index (χ0) is 21.4. The van der Waals surface area contributed by atoms with Gasteiger partial charge in [0.1, 0.15) is 11.5 Å². The second kappa shape index (κ2) is 10.6. The number of alkyl halides is 2. The summed E-state index contributed by atoms with van der Waals surface area (Å²) in [5, 5.41) is 6.21. The van der Waals surface area contributed by atoms with Gasteiger partial charge < -0.3 is 20.1 Å². The summed E-state index contributed by atoms with van der Waals surface area (Å²) in [5.41, 5.74) is 0.445. The molecule has 11 heteroatoms. The smallest absolute Gasteiger partial charge is 0.387 e. The lowest BCUT2D eigenvalue weighted by atomic mass is 10.2. The number of halogens is 2. The second-order valence-corrected chi connectivity index (χ2v) is 8.53.